The second-order valence-corrected chi connectivity index (χ2v) is 7.47. The molecule has 0 atom stereocenters. The minimum atomic E-state index is -4.57. The van der Waals surface area contributed by atoms with Crippen molar-refractivity contribution in [2.24, 2.45) is 5.10 Å². The van der Waals surface area contributed by atoms with E-state index < -0.39 is 11.9 Å². The van der Waals surface area contributed by atoms with Gasteiger partial charge < -0.3 is 0 Å². The molecular weight excluding hydrogens is 451 g/mol. The van der Waals surface area contributed by atoms with Crippen molar-refractivity contribution in [1.82, 2.24) is 4.98 Å². The molecule has 3 nitrogen and oxygen atoms in total. The molecule has 0 spiro atoms. The Balaban J connectivity index is 1.86. The first-order valence-electron chi connectivity index (χ1n) is 7.21. The molecule has 0 aliphatic heterocycles. The monoisotopic (exact) mass is 459 g/mol. The largest absolute Gasteiger partial charge is 0.434 e. The van der Waals surface area contributed by atoms with E-state index in [4.69, 9.17) is 11.6 Å². The fourth-order valence-corrected chi connectivity index (χ4v) is 3.40. The molecule has 0 aliphatic carbocycles. The van der Waals surface area contributed by atoms with Gasteiger partial charge in [0.15, 0.2) is 5.69 Å². The van der Waals surface area contributed by atoms with Gasteiger partial charge in [-0.15, -0.1) is 0 Å². The van der Waals surface area contributed by atoms with E-state index in [1.54, 1.807) is 0 Å². The summed E-state index contributed by atoms with van der Waals surface area (Å²) in [4.78, 5) is 3.66. The van der Waals surface area contributed by atoms with Crippen molar-refractivity contribution >= 4 is 50.2 Å². The first-order valence-corrected chi connectivity index (χ1v) is 9.20. The maximum atomic E-state index is 13.3. The number of rotatable bonds is 4. The number of anilines is 1. The van der Waals surface area contributed by atoms with Crippen LogP contribution in [0.3, 0.4) is 0 Å². The number of halogens is 5. The highest BCUT2D eigenvalue weighted by Crippen LogP contribution is 2.42. The van der Waals surface area contributed by atoms with Crippen molar-refractivity contribution in [3.8, 4) is 10.4 Å². The van der Waals surface area contributed by atoms with Crippen LogP contribution < -0.4 is 5.43 Å². The van der Waals surface area contributed by atoms with Gasteiger partial charge in [-0.3, -0.25) is 5.43 Å². The van der Waals surface area contributed by atoms with Gasteiger partial charge in [0.25, 0.3) is 0 Å². The van der Waals surface area contributed by atoms with Crippen LogP contribution in [0.25, 0.3) is 10.4 Å². The van der Waals surface area contributed by atoms with E-state index in [0.29, 0.717) is 10.6 Å². The minimum absolute atomic E-state index is 0.00973. The number of nitrogens with one attached hydrogen (secondary N) is 1. The summed E-state index contributed by atoms with van der Waals surface area (Å²) in [6.45, 7) is 0. The molecule has 0 fully saturated rings. The number of benzene rings is 2. The fourth-order valence-electron chi connectivity index (χ4n) is 2.07. The molecule has 9 heteroatoms. The smallest absolute Gasteiger partial charge is 0.253 e. The Kier molecular flexibility index (Phi) is 5.64. The van der Waals surface area contributed by atoms with Gasteiger partial charge in [-0.05, 0) is 35.4 Å². The first kappa shape index (κ1) is 18.9. The topological polar surface area (TPSA) is 37.3 Å². The molecule has 0 radical (unpaired) electrons. The van der Waals surface area contributed by atoms with Gasteiger partial charge in [-0.25, -0.2) is 4.98 Å². The molecule has 1 aromatic heterocycles. The zero-order valence-corrected chi connectivity index (χ0v) is 16.0. The van der Waals surface area contributed by atoms with Crippen molar-refractivity contribution in [1.29, 1.82) is 0 Å². The average molecular weight is 461 g/mol. The van der Waals surface area contributed by atoms with Crippen LogP contribution in [-0.2, 0) is 6.18 Å². The van der Waals surface area contributed by atoms with Crippen molar-refractivity contribution in [3.63, 3.8) is 0 Å². The lowest BCUT2D eigenvalue weighted by atomic mass is 10.1. The van der Waals surface area contributed by atoms with Crippen molar-refractivity contribution in [2.75, 3.05) is 5.43 Å². The van der Waals surface area contributed by atoms with Gasteiger partial charge >= 0.3 is 6.18 Å². The summed E-state index contributed by atoms with van der Waals surface area (Å²) in [5.74, 6) is 0. The average Bonchev–Trinajstić information content (AvgIpc) is 3.02. The molecule has 0 aliphatic rings. The summed E-state index contributed by atoms with van der Waals surface area (Å²) in [5.41, 5.74) is 2.80. The number of nitrogens with zero attached hydrogens (tertiary/aromatic N) is 2. The minimum Gasteiger partial charge on any atom is -0.253 e. The quantitative estimate of drug-likeness (QED) is 0.348. The lowest BCUT2D eigenvalue weighted by Crippen LogP contribution is -2.07. The van der Waals surface area contributed by atoms with Crippen molar-refractivity contribution < 1.29 is 13.2 Å². The standard InChI is InChI=1S/C17H10BrClF3N3S/c18-12-5-1-10(2-6-12)9-23-25-16-24-15(17(20,21)22)14(26-16)11-3-7-13(19)8-4-11/h1-9H,(H,24,25). The molecule has 3 aromatic rings. The highest BCUT2D eigenvalue weighted by Gasteiger charge is 2.38. The maximum absolute atomic E-state index is 13.3. The van der Waals surface area contributed by atoms with Gasteiger partial charge in [-0.2, -0.15) is 18.3 Å². The van der Waals surface area contributed by atoms with Crippen molar-refractivity contribution in [2.45, 2.75) is 6.18 Å². The summed E-state index contributed by atoms with van der Waals surface area (Å²) in [5, 5.41) is 4.45. The summed E-state index contributed by atoms with van der Waals surface area (Å²) >= 11 is 10.0. The van der Waals surface area contributed by atoms with E-state index >= 15 is 0 Å². The fraction of sp³-hybridized carbons (Fsp3) is 0.0588. The molecule has 134 valence electrons. The lowest BCUT2D eigenvalue weighted by molar-refractivity contribution is -0.140. The van der Waals surface area contributed by atoms with Gasteiger partial charge in [0.1, 0.15) is 0 Å². The number of thiazole rings is 1. The highest BCUT2D eigenvalue weighted by atomic mass is 79.9. The van der Waals surface area contributed by atoms with Crippen LogP contribution in [0.15, 0.2) is 58.1 Å². The predicted octanol–water partition coefficient (Wildman–Crippen LogP) is 6.69. The van der Waals surface area contributed by atoms with E-state index in [1.165, 1.54) is 30.5 Å². The van der Waals surface area contributed by atoms with E-state index in [-0.39, 0.29) is 10.0 Å². The normalized spacial score (nSPS) is 11.9. The van der Waals surface area contributed by atoms with Gasteiger partial charge in [0.2, 0.25) is 5.13 Å². The van der Waals surface area contributed by atoms with Crippen LogP contribution >= 0.6 is 38.9 Å². The van der Waals surface area contributed by atoms with Crippen molar-refractivity contribution in [3.05, 3.63) is 69.3 Å². The van der Waals surface area contributed by atoms with Crippen LogP contribution in [0.4, 0.5) is 18.3 Å². The zero-order valence-electron chi connectivity index (χ0n) is 12.9. The van der Waals surface area contributed by atoms with Crippen LogP contribution in [0.1, 0.15) is 11.3 Å². The van der Waals surface area contributed by atoms with E-state index in [9.17, 15) is 13.2 Å². The van der Waals surface area contributed by atoms with Crippen LogP contribution in [0.2, 0.25) is 5.02 Å². The van der Waals surface area contributed by atoms with Gasteiger partial charge in [-0.1, -0.05) is 63.1 Å². The maximum Gasteiger partial charge on any atom is 0.434 e. The Labute approximate surface area is 164 Å². The second kappa shape index (κ2) is 7.77. The number of hydrogen-bond donors (Lipinski definition) is 1. The third-order valence-electron chi connectivity index (χ3n) is 3.25. The molecule has 26 heavy (non-hydrogen) atoms. The molecule has 0 saturated carbocycles. The van der Waals surface area contributed by atoms with Crippen LogP contribution in [0.5, 0.6) is 0 Å². The molecule has 0 amide bonds. The molecule has 2 aromatic carbocycles. The number of hydrazone groups is 1. The molecule has 1 heterocycles. The summed E-state index contributed by atoms with van der Waals surface area (Å²) in [6, 6.07) is 13.4. The van der Waals surface area contributed by atoms with E-state index in [1.807, 2.05) is 24.3 Å². The third kappa shape index (κ3) is 4.63. The SMILES string of the molecule is FC(F)(F)c1nc(NN=Cc2ccc(Br)cc2)sc1-c1ccc(Cl)cc1. The van der Waals surface area contributed by atoms with E-state index in [0.717, 1.165) is 21.4 Å². The molecule has 3 rings (SSSR count). The lowest BCUT2D eigenvalue weighted by Gasteiger charge is -2.05. The van der Waals surface area contributed by atoms with Gasteiger partial charge in [0, 0.05) is 9.50 Å². The molecule has 1 N–H and O–H groups in total. The Morgan fingerprint density at radius 3 is 2.35 bits per heavy atom. The highest BCUT2D eigenvalue weighted by molar-refractivity contribution is 9.10. The predicted molar refractivity (Wildman–Crippen MR) is 103 cm³/mol. The molecular formula is C17H10BrClF3N3S. The summed E-state index contributed by atoms with van der Waals surface area (Å²) < 4.78 is 40.8. The van der Waals surface area contributed by atoms with E-state index in [2.05, 4.69) is 31.4 Å². The summed E-state index contributed by atoms with van der Waals surface area (Å²) in [7, 11) is 0. The van der Waals surface area contributed by atoms with Crippen LogP contribution in [-0.4, -0.2) is 11.2 Å². The van der Waals surface area contributed by atoms with Crippen LogP contribution in [0, 0.1) is 0 Å². The number of hydrogen-bond acceptors (Lipinski definition) is 4. The molecule has 0 saturated heterocycles. The Hall–Kier alpha value is -1.90. The molecule has 0 bridgehead atoms. The third-order valence-corrected chi connectivity index (χ3v) is 5.04. The first-order chi connectivity index (χ1) is 12.3. The number of aromatic nitrogens is 1. The Bertz CT molecular complexity index is 922. The Morgan fingerprint density at radius 2 is 1.73 bits per heavy atom. The number of alkyl halides is 3. The second-order valence-electron chi connectivity index (χ2n) is 5.12. The Morgan fingerprint density at radius 1 is 1.08 bits per heavy atom. The molecule has 0 unspecified atom stereocenters. The van der Waals surface area contributed by atoms with Gasteiger partial charge in [0.05, 0.1) is 11.1 Å². The zero-order chi connectivity index (χ0) is 18.7. The summed E-state index contributed by atoms with van der Waals surface area (Å²) in [6.07, 6.45) is -3.07.